The average molecular weight is 278 g/mol. The molecule has 1 aromatic rings. The molecule has 1 aliphatic rings. The predicted octanol–water partition coefficient (Wildman–Crippen LogP) is 2.07. The maximum absolute atomic E-state index is 9.36. The van der Waals surface area contributed by atoms with Gasteiger partial charge in [-0.25, -0.2) is 9.97 Å². The number of aliphatic hydroxyl groups excluding tert-OH is 1. The summed E-state index contributed by atoms with van der Waals surface area (Å²) in [4.78, 5) is 11.5. The second-order valence-corrected chi connectivity index (χ2v) is 5.44. The van der Waals surface area contributed by atoms with Crippen LogP contribution in [-0.2, 0) is 6.42 Å². The monoisotopic (exact) mass is 278 g/mol. The molecule has 5 nitrogen and oxygen atoms in total. The second-order valence-electron chi connectivity index (χ2n) is 5.44. The number of rotatable bonds is 6. The predicted molar refractivity (Wildman–Crippen MR) is 82.2 cm³/mol. The van der Waals surface area contributed by atoms with Crippen molar-refractivity contribution in [2.45, 2.75) is 39.5 Å². The molecule has 0 aromatic carbocycles. The molecule has 1 saturated heterocycles. The van der Waals surface area contributed by atoms with Gasteiger partial charge in [0.1, 0.15) is 17.5 Å². The van der Waals surface area contributed by atoms with Gasteiger partial charge in [0.05, 0.1) is 0 Å². The maximum Gasteiger partial charge on any atom is 0.134 e. The van der Waals surface area contributed by atoms with E-state index < -0.39 is 0 Å². The molecule has 0 amide bonds. The number of anilines is 2. The standard InChI is InChI=1S/C15H26N4O/c1-3-6-13-17-14(16-4-2)9-15(18-13)19-8-5-7-12(10-19)11-20/h9,12,20H,3-8,10-11H2,1-2H3,(H,16,17,18). The third-order valence-electron chi connectivity index (χ3n) is 3.69. The zero-order valence-electron chi connectivity index (χ0n) is 12.6. The minimum Gasteiger partial charge on any atom is -0.396 e. The molecule has 112 valence electrons. The number of hydrogen-bond donors (Lipinski definition) is 2. The Kier molecular flexibility index (Phi) is 5.59. The van der Waals surface area contributed by atoms with Crippen molar-refractivity contribution in [3.05, 3.63) is 11.9 Å². The van der Waals surface area contributed by atoms with Crippen molar-refractivity contribution in [1.29, 1.82) is 0 Å². The molecule has 1 unspecified atom stereocenters. The first-order valence-electron chi connectivity index (χ1n) is 7.74. The maximum atomic E-state index is 9.36. The van der Waals surface area contributed by atoms with Gasteiger partial charge in [-0.3, -0.25) is 0 Å². The number of aliphatic hydroxyl groups is 1. The second kappa shape index (κ2) is 7.43. The Labute approximate surface area is 121 Å². The molecule has 0 bridgehead atoms. The van der Waals surface area contributed by atoms with Crippen molar-refractivity contribution in [3.8, 4) is 0 Å². The average Bonchev–Trinajstić information content (AvgIpc) is 2.48. The van der Waals surface area contributed by atoms with E-state index in [2.05, 4.69) is 29.0 Å². The lowest BCUT2D eigenvalue weighted by Crippen LogP contribution is -2.37. The van der Waals surface area contributed by atoms with Crippen LogP contribution in [0, 0.1) is 5.92 Å². The van der Waals surface area contributed by atoms with E-state index in [4.69, 9.17) is 4.98 Å². The van der Waals surface area contributed by atoms with E-state index in [1.807, 2.05) is 6.07 Å². The summed E-state index contributed by atoms with van der Waals surface area (Å²) in [6.45, 7) is 7.26. The van der Waals surface area contributed by atoms with Crippen molar-refractivity contribution in [2.24, 2.45) is 5.92 Å². The van der Waals surface area contributed by atoms with Gasteiger partial charge in [0.15, 0.2) is 0 Å². The lowest BCUT2D eigenvalue weighted by atomic mass is 9.99. The SMILES string of the molecule is CCCc1nc(NCC)cc(N2CCCC(CO)C2)n1. The summed E-state index contributed by atoms with van der Waals surface area (Å²) in [5.74, 6) is 3.19. The molecule has 2 heterocycles. The molecule has 0 saturated carbocycles. The molecule has 1 atom stereocenters. The minimum absolute atomic E-state index is 0.267. The Hall–Kier alpha value is -1.36. The Balaban J connectivity index is 2.19. The van der Waals surface area contributed by atoms with Gasteiger partial charge < -0.3 is 15.3 Å². The number of aryl methyl sites for hydroxylation is 1. The smallest absolute Gasteiger partial charge is 0.134 e. The minimum atomic E-state index is 0.267. The number of piperidine rings is 1. The van der Waals surface area contributed by atoms with Gasteiger partial charge in [0, 0.05) is 38.7 Å². The van der Waals surface area contributed by atoms with Gasteiger partial charge in [-0.15, -0.1) is 0 Å². The van der Waals surface area contributed by atoms with Crippen LogP contribution in [0.25, 0.3) is 0 Å². The van der Waals surface area contributed by atoms with E-state index in [1.165, 1.54) is 0 Å². The van der Waals surface area contributed by atoms with Crippen molar-refractivity contribution >= 4 is 11.6 Å². The van der Waals surface area contributed by atoms with Crippen molar-refractivity contribution < 1.29 is 5.11 Å². The molecule has 2 N–H and O–H groups in total. The zero-order chi connectivity index (χ0) is 14.4. The van der Waals surface area contributed by atoms with Crippen LogP contribution in [0.4, 0.5) is 11.6 Å². The summed E-state index contributed by atoms with van der Waals surface area (Å²) in [7, 11) is 0. The molecule has 1 fully saturated rings. The summed E-state index contributed by atoms with van der Waals surface area (Å²) < 4.78 is 0. The summed E-state index contributed by atoms with van der Waals surface area (Å²) >= 11 is 0. The van der Waals surface area contributed by atoms with Crippen LogP contribution in [0.1, 0.15) is 38.9 Å². The van der Waals surface area contributed by atoms with Gasteiger partial charge in [0.2, 0.25) is 0 Å². The highest BCUT2D eigenvalue weighted by Crippen LogP contribution is 2.23. The number of nitrogens with one attached hydrogen (secondary N) is 1. The van der Waals surface area contributed by atoms with E-state index in [0.717, 1.165) is 62.8 Å². The fraction of sp³-hybridized carbons (Fsp3) is 0.733. The van der Waals surface area contributed by atoms with E-state index in [9.17, 15) is 5.11 Å². The third-order valence-corrected chi connectivity index (χ3v) is 3.69. The molecule has 2 rings (SSSR count). The zero-order valence-corrected chi connectivity index (χ0v) is 12.6. The third kappa shape index (κ3) is 3.82. The van der Waals surface area contributed by atoms with Crippen LogP contribution < -0.4 is 10.2 Å². The van der Waals surface area contributed by atoms with Gasteiger partial charge >= 0.3 is 0 Å². The molecule has 0 spiro atoms. The van der Waals surface area contributed by atoms with E-state index in [1.54, 1.807) is 0 Å². The molecule has 0 radical (unpaired) electrons. The Morgan fingerprint density at radius 1 is 1.40 bits per heavy atom. The van der Waals surface area contributed by atoms with Gasteiger partial charge in [-0.1, -0.05) is 6.92 Å². The molecular weight excluding hydrogens is 252 g/mol. The highest BCUT2D eigenvalue weighted by molar-refractivity contribution is 5.49. The first-order valence-corrected chi connectivity index (χ1v) is 7.74. The molecule has 5 heteroatoms. The summed E-state index contributed by atoms with van der Waals surface area (Å²) in [5, 5.41) is 12.6. The van der Waals surface area contributed by atoms with Crippen LogP contribution >= 0.6 is 0 Å². The van der Waals surface area contributed by atoms with Crippen LogP contribution in [0.3, 0.4) is 0 Å². The molecule has 1 aliphatic heterocycles. The number of hydrogen-bond acceptors (Lipinski definition) is 5. The Bertz CT molecular complexity index is 400. The fourth-order valence-corrected chi connectivity index (χ4v) is 2.67. The summed E-state index contributed by atoms with van der Waals surface area (Å²) in [5.41, 5.74) is 0. The van der Waals surface area contributed by atoms with Gasteiger partial charge in [-0.05, 0) is 32.1 Å². The van der Waals surface area contributed by atoms with Gasteiger partial charge in [-0.2, -0.15) is 0 Å². The first kappa shape index (κ1) is 15.0. The number of nitrogens with zero attached hydrogens (tertiary/aromatic N) is 3. The van der Waals surface area contributed by atoms with Crippen molar-refractivity contribution in [2.75, 3.05) is 36.5 Å². The molecular formula is C15H26N4O. The number of aromatic nitrogens is 2. The highest BCUT2D eigenvalue weighted by Gasteiger charge is 2.21. The topological polar surface area (TPSA) is 61.3 Å². The lowest BCUT2D eigenvalue weighted by molar-refractivity contribution is 0.208. The van der Waals surface area contributed by atoms with Crippen molar-refractivity contribution in [1.82, 2.24) is 9.97 Å². The molecule has 0 aliphatic carbocycles. The van der Waals surface area contributed by atoms with Crippen molar-refractivity contribution in [3.63, 3.8) is 0 Å². The van der Waals surface area contributed by atoms with Crippen LogP contribution in [-0.4, -0.2) is 41.3 Å². The van der Waals surface area contributed by atoms with Crippen LogP contribution in [0.2, 0.25) is 0 Å². The molecule has 1 aromatic heterocycles. The van der Waals surface area contributed by atoms with E-state index in [0.29, 0.717) is 5.92 Å². The lowest BCUT2D eigenvalue weighted by Gasteiger charge is -2.33. The largest absolute Gasteiger partial charge is 0.396 e. The van der Waals surface area contributed by atoms with E-state index in [-0.39, 0.29) is 6.61 Å². The highest BCUT2D eigenvalue weighted by atomic mass is 16.3. The summed E-state index contributed by atoms with van der Waals surface area (Å²) in [6, 6.07) is 2.03. The Morgan fingerprint density at radius 3 is 2.95 bits per heavy atom. The normalized spacial score (nSPS) is 19.1. The fourth-order valence-electron chi connectivity index (χ4n) is 2.67. The van der Waals surface area contributed by atoms with Gasteiger partial charge in [0.25, 0.3) is 0 Å². The summed E-state index contributed by atoms with van der Waals surface area (Å²) in [6.07, 6.45) is 4.19. The molecule has 20 heavy (non-hydrogen) atoms. The quantitative estimate of drug-likeness (QED) is 0.834. The van der Waals surface area contributed by atoms with E-state index >= 15 is 0 Å². The van der Waals surface area contributed by atoms with Crippen LogP contribution in [0.5, 0.6) is 0 Å². The van der Waals surface area contributed by atoms with Crippen LogP contribution in [0.15, 0.2) is 6.07 Å². The Morgan fingerprint density at radius 2 is 2.25 bits per heavy atom. The first-order chi connectivity index (χ1) is 9.76.